The molecule has 0 saturated carbocycles. The van der Waals surface area contributed by atoms with Gasteiger partial charge in [0.2, 0.25) is 0 Å². The zero-order chi connectivity index (χ0) is 11.5. The average Bonchev–Trinajstić information content (AvgIpc) is 2.81. The Balaban J connectivity index is 2.32. The van der Waals surface area contributed by atoms with Crippen molar-refractivity contribution < 1.29 is 14.7 Å². The molecule has 1 saturated heterocycles. The van der Waals surface area contributed by atoms with Gasteiger partial charge in [-0.05, 0) is 19.0 Å². The Morgan fingerprint density at radius 3 is 2.50 bits per heavy atom. The smallest absolute Gasteiger partial charge is 0.336 e. The second-order valence-electron chi connectivity index (χ2n) is 3.90. The van der Waals surface area contributed by atoms with Crippen LogP contribution in [0, 0.1) is 5.92 Å². The lowest BCUT2D eigenvalue weighted by molar-refractivity contribution is 0.0690. The van der Waals surface area contributed by atoms with E-state index in [1.54, 1.807) is 18.2 Å². The van der Waals surface area contributed by atoms with Crippen molar-refractivity contribution in [2.45, 2.75) is 6.42 Å². The third kappa shape index (κ3) is 1.97. The molecule has 0 aromatic heterocycles. The third-order valence-electron chi connectivity index (χ3n) is 2.85. The first-order valence-corrected chi connectivity index (χ1v) is 5.27. The molecule has 1 fully saturated rings. The third-order valence-corrected chi connectivity index (χ3v) is 2.85. The van der Waals surface area contributed by atoms with E-state index in [0.717, 1.165) is 13.0 Å². The standard InChI is InChI=1S/C12H13NO3/c14-11(8-5-6-13-7-8)9-3-1-2-4-10(9)12(15)16/h1-4,8,13H,5-7H2,(H,15,16). The first-order valence-electron chi connectivity index (χ1n) is 5.27. The van der Waals surface area contributed by atoms with Gasteiger partial charge < -0.3 is 10.4 Å². The first kappa shape index (κ1) is 10.8. The summed E-state index contributed by atoms with van der Waals surface area (Å²) < 4.78 is 0. The Hall–Kier alpha value is -1.68. The Kier molecular flexibility index (Phi) is 3.01. The minimum atomic E-state index is -1.05. The number of Topliss-reactive ketones (excluding diaryl/α,β-unsaturated/α-hetero) is 1. The number of rotatable bonds is 3. The maximum Gasteiger partial charge on any atom is 0.336 e. The van der Waals surface area contributed by atoms with Crippen LogP contribution in [0.5, 0.6) is 0 Å². The van der Waals surface area contributed by atoms with Gasteiger partial charge in [-0.3, -0.25) is 4.79 Å². The summed E-state index contributed by atoms with van der Waals surface area (Å²) in [5.41, 5.74) is 0.420. The second-order valence-corrected chi connectivity index (χ2v) is 3.90. The molecule has 1 aromatic rings. The average molecular weight is 219 g/mol. The molecule has 0 bridgehead atoms. The van der Waals surface area contributed by atoms with Crippen LogP contribution in [0.3, 0.4) is 0 Å². The van der Waals surface area contributed by atoms with Crippen LogP contribution >= 0.6 is 0 Å². The monoisotopic (exact) mass is 219 g/mol. The van der Waals surface area contributed by atoms with Crippen molar-refractivity contribution in [2.75, 3.05) is 13.1 Å². The number of carboxylic acid groups (broad SMARTS) is 1. The molecule has 0 radical (unpaired) electrons. The highest BCUT2D eigenvalue weighted by molar-refractivity contribution is 6.06. The van der Waals surface area contributed by atoms with E-state index in [0.29, 0.717) is 12.1 Å². The van der Waals surface area contributed by atoms with E-state index in [2.05, 4.69) is 5.32 Å². The number of hydrogen-bond donors (Lipinski definition) is 2. The zero-order valence-electron chi connectivity index (χ0n) is 8.77. The molecule has 84 valence electrons. The van der Waals surface area contributed by atoms with Gasteiger partial charge >= 0.3 is 5.97 Å². The van der Waals surface area contributed by atoms with Crippen LogP contribution in [0.1, 0.15) is 27.1 Å². The molecule has 0 aliphatic carbocycles. The number of aromatic carboxylic acids is 1. The summed E-state index contributed by atoms with van der Waals surface area (Å²) in [7, 11) is 0. The van der Waals surface area contributed by atoms with Crippen molar-refractivity contribution in [3.8, 4) is 0 Å². The van der Waals surface area contributed by atoms with Crippen LogP contribution in [-0.2, 0) is 0 Å². The van der Waals surface area contributed by atoms with Gasteiger partial charge in [0.15, 0.2) is 5.78 Å². The zero-order valence-corrected chi connectivity index (χ0v) is 8.77. The molecule has 1 aliphatic heterocycles. The molecule has 1 heterocycles. The van der Waals surface area contributed by atoms with E-state index in [1.165, 1.54) is 6.07 Å². The van der Waals surface area contributed by atoms with Gasteiger partial charge in [0, 0.05) is 18.0 Å². The molecule has 1 unspecified atom stereocenters. The quantitative estimate of drug-likeness (QED) is 0.749. The molecule has 0 spiro atoms. The molecule has 16 heavy (non-hydrogen) atoms. The van der Waals surface area contributed by atoms with Crippen LogP contribution in [0.2, 0.25) is 0 Å². The van der Waals surface area contributed by atoms with E-state index in [4.69, 9.17) is 5.11 Å². The van der Waals surface area contributed by atoms with Crippen molar-refractivity contribution in [2.24, 2.45) is 5.92 Å². The van der Waals surface area contributed by atoms with Gasteiger partial charge in [-0.1, -0.05) is 18.2 Å². The minimum absolute atomic E-state index is 0.0667. The largest absolute Gasteiger partial charge is 0.478 e. The highest BCUT2D eigenvalue weighted by Gasteiger charge is 2.26. The highest BCUT2D eigenvalue weighted by atomic mass is 16.4. The fourth-order valence-electron chi connectivity index (χ4n) is 1.98. The molecular formula is C12H13NO3. The number of carboxylic acids is 1. The fourth-order valence-corrected chi connectivity index (χ4v) is 1.98. The Morgan fingerprint density at radius 1 is 1.25 bits per heavy atom. The van der Waals surface area contributed by atoms with Gasteiger partial charge in [-0.2, -0.15) is 0 Å². The normalized spacial score (nSPS) is 19.6. The van der Waals surface area contributed by atoms with Gasteiger partial charge in [0.25, 0.3) is 0 Å². The Labute approximate surface area is 93.3 Å². The van der Waals surface area contributed by atoms with Gasteiger partial charge in [0.1, 0.15) is 0 Å². The van der Waals surface area contributed by atoms with Gasteiger partial charge in [-0.15, -0.1) is 0 Å². The second kappa shape index (κ2) is 4.45. The summed E-state index contributed by atoms with van der Waals surface area (Å²) >= 11 is 0. The van der Waals surface area contributed by atoms with E-state index < -0.39 is 5.97 Å². The number of hydrogen-bond acceptors (Lipinski definition) is 3. The number of carbonyl (C=O) groups excluding carboxylic acids is 1. The lowest BCUT2D eigenvalue weighted by atomic mass is 9.93. The molecule has 4 heteroatoms. The highest BCUT2D eigenvalue weighted by Crippen LogP contribution is 2.18. The lowest BCUT2D eigenvalue weighted by Crippen LogP contribution is -2.20. The van der Waals surface area contributed by atoms with Crippen molar-refractivity contribution in [3.05, 3.63) is 35.4 Å². The summed E-state index contributed by atoms with van der Waals surface area (Å²) in [6, 6.07) is 6.39. The summed E-state index contributed by atoms with van der Waals surface area (Å²) in [5, 5.41) is 12.1. The molecule has 0 amide bonds. The molecule has 2 N–H and O–H groups in total. The van der Waals surface area contributed by atoms with Crippen LogP contribution in [0.4, 0.5) is 0 Å². The topological polar surface area (TPSA) is 66.4 Å². The van der Waals surface area contributed by atoms with Crippen molar-refractivity contribution in [1.82, 2.24) is 5.32 Å². The lowest BCUT2D eigenvalue weighted by Gasteiger charge is -2.09. The SMILES string of the molecule is O=C(O)c1ccccc1C(=O)C1CCNC1. The molecule has 1 atom stereocenters. The maximum atomic E-state index is 12.1. The summed E-state index contributed by atoms with van der Waals surface area (Å²) in [6.07, 6.45) is 0.785. The van der Waals surface area contributed by atoms with Crippen LogP contribution < -0.4 is 5.32 Å². The van der Waals surface area contributed by atoms with E-state index >= 15 is 0 Å². The van der Waals surface area contributed by atoms with Gasteiger partial charge in [-0.25, -0.2) is 4.79 Å². The molecule has 1 aliphatic rings. The Bertz CT molecular complexity index is 422. The number of carbonyl (C=O) groups is 2. The molecule has 4 nitrogen and oxygen atoms in total. The minimum Gasteiger partial charge on any atom is -0.478 e. The van der Waals surface area contributed by atoms with Crippen molar-refractivity contribution in [1.29, 1.82) is 0 Å². The fraction of sp³-hybridized carbons (Fsp3) is 0.333. The maximum absolute atomic E-state index is 12.1. The summed E-state index contributed by atoms with van der Waals surface area (Å²) in [6.45, 7) is 1.47. The predicted molar refractivity (Wildman–Crippen MR) is 58.7 cm³/mol. The van der Waals surface area contributed by atoms with Crippen LogP contribution in [-0.4, -0.2) is 29.9 Å². The Morgan fingerprint density at radius 2 is 1.94 bits per heavy atom. The van der Waals surface area contributed by atoms with Crippen molar-refractivity contribution >= 4 is 11.8 Å². The molecule has 1 aromatic carbocycles. The summed E-state index contributed by atoms with van der Waals surface area (Å²) in [4.78, 5) is 23.0. The van der Waals surface area contributed by atoms with E-state index in [9.17, 15) is 9.59 Å². The van der Waals surface area contributed by atoms with E-state index in [1.807, 2.05) is 0 Å². The summed E-state index contributed by atoms with van der Waals surface area (Å²) in [5.74, 6) is -1.20. The number of nitrogens with one attached hydrogen (secondary N) is 1. The predicted octanol–water partition coefficient (Wildman–Crippen LogP) is 1.18. The van der Waals surface area contributed by atoms with Crippen molar-refractivity contribution in [3.63, 3.8) is 0 Å². The molecule has 2 rings (SSSR count). The number of benzene rings is 1. The number of ketones is 1. The molecular weight excluding hydrogens is 206 g/mol. The van der Waals surface area contributed by atoms with Crippen LogP contribution in [0.25, 0.3) is 0 Å². The van der Waals surface area contributed by atoms with Crippen LogP contribution in [0.15, 0.2) is 24.3 Å². The first-order chi connectivity index (χ1) is 7.70. The van der Waals surface area contributed by atoms with E-state index in [-0.39, 0.29) is 17.3 Å². The van der Waals surface area contributed by atoms with Gasteiger partial charge in [0.05, 0.1) is 5.56 Å².